The average Bonchev–Trinajstić information content (AvgIpc) is 2.42. The highest BCUT2D eigenvalue weighted by Gasteiger charge is 2.17. The third kappa shape index (κ3) is 8.14. The van der Waals surface area contributed by atoms with Gasteiger partial charge < -0.3 is 20.1 Å². The Hall–Kier alpha value is -2.24. The third-order valence-electron chi connectivity index (χ3n) is 2.43. The van der Waals surface area contributed by atoms with Crippen molar-refractivity contribution >= 4 is 12.2 Å². The Labute approximate surface area is 131 Å². The van der Waals surface area contributed by atoms with E-state index >= 15 is 0 Å². The summed E-state index contributed by atoms with van der Waals surface area (Å²) in [6, 6.07) is 8.82. The molecule has 121 valence electrons. The fourth-order valence-corrected chi connectivity index (χ4v) is 1.50. The van der Waals surface area contributed by atoms with Gasteiger partial charge in [-0.3, -0.25) is 0 Å². The minimum atomic E-state index is -0.588. The van der Waals surface area contributed by atoms with Gasteiger partial charge in [-0.2, -0.15) is 0 Å². The molecule has 0 fully saturated rings. The zero-order valence-corrected chi connectivity index (χ0v) is 13.2. The van der Waals surface area contributed by atoms with E-state index in [1.54, 1.807) is 20.8 Å². The van der Waals surface area contributed by atoms with Gasteiger partial charge >= 0.3 is 12.2 Å². The Morgan fingerprint density at radius 3 is 2.41 bits per heavy atom. The summed E-state index contributed by atoms with van der Waals surface area (Å²) in [4.78, 5) is 23.0. The predicted molar refractivity (Wildman–Crippen MR) is 83.1 cm³/mol. The first-order chi connectivity index (χ1) is 10.3. The van der Waals surface area contributed by atoms with Gasteiger partial charge in [0.1, 0.15) is 12.2 Å². The second kappa shape index (κ2) is 8.26. The van der Waals surface area contributed by atoms with Crippen molar-refractivity contribution < 1.29 is 19.1 Å². The van der Waals surface area contributed by atoms with Crippen molar-refractivity contribution in [2.75, 3.05) is 6.54 Å². The summed E-state index contributed by atoms with van der Waals surface area (Å²) in [6.07, 6.45) is -1.14. The molecule has 0 aliphatic heterocycles. The molecule has 22 heavy (non-hydrogen) atoms. The van der Waals surface area contributed by atoms with Crippen LogP contribution in [0.1, 0.15) is 26.3 Å². The van der Waals surface area contributed by atoms with Crippen LogP contribution in [0.2, 0.25) is 0 Å². The van der Waals surface area contributed by atoms with Gasteiger partial charge in [0.15, 0.2) is 0 Å². The van der Waals surface area contributed by atoms with E-state index in [4.69, 9.17) is 9.47 Å². The highest BCUT2D eigenvalue weighted by atomic mass is 16.6. The van der Waals surface area contributed by atoms with E-state index in [0.29, 0.717) is 0 Å². The summed E-state index contributed by atoms with van der Waals surface area (Å²) >= 11 is 0. The maximum atomic E-state index is 11.6. The maximum Gasteiger partial charge on any atom is 0.407 e. The highest BCUT2D eigenvalue weighted by Crippen LogP contribution is 2.06. The lowest BCUT2D eigenvalue weighted by Gasteiger charge is -2.21. The number of amides is 2. The molecule has 2 amide bonds. The maximum absolute atomic E-state index is 11.6. The van der Waals surface area contributed by atoms with E-state index in [2.05, 4.69) is 17.6 Å². The minimum absolute atomic E-state index is 0.148. The van der Waals surface area contributed by atoms with Crippen LogP contribution in [0.3, 0.4) is 0 Å². The average molecular weight is 307 g/mol. The van der Waals surface area contributed by atoms with Crippen LogP contribution >= 0.6 is 0 Å². The molecule has 6 heteroatoms. The molecule has 1 aromatic carbocycles. The number of hydrogen-bond acceptors (Lipinski definition) is 4. The first-order valence-corrected chi connectivity index (χ1v) is 7.03. The van der Waals surface area contributed by atoms with Crippen molar-refractivity contribution in [1.29, 1.82) is 0 Å². The zero-order chi connectivity index (χ0) is 16.6. The summed E-state index contributed by atoms with van der Waals surface area (Å²) in [5.74, 6) is 0. The van der Waals surface area contributed by atoms with Crippen molar-refractivity contribution in [3.63, 3.8) is 0 Å². The van der Waals surface area contributed by atoms with Gasteiger partial charge in [-0.25, -0.2) is 9.59 Å². The van der Waals surface area contributed by atoms with Gasteiger partial charge in [0.25, 0.3) is 0 Å². The van der Waals surface area contributed by atoms with Crippen LogP contribution in [0.4, 0.5) is 9.59 Å². The van der Waals surface area contributed by atoms with Gasteiger partial charge in [-0.05, 0) is 33.3 Å². The van der Waals surface area contributed by atoms with Gasteiger partial charge in [0.2, 0.25) is 0 Å². The second-order valence-electron chi connectivity index (χ2n) is 5.79. The van der Waals surface area contributed by atoms with Crippen molar-refractivity contribution in [2.24, 2.45) is 0 Å². The van der Waals surface area contributed by atoms with Crippen LogP contribution in [0.25, 0.3) is 0 Å². The van der Waals surface area contributed by atoms with E-state index in [1.165, 1.54) is 0 Å². The van der Waals surface area contributed by atoms with Gasteiger partial charge in [-0.1, -0.05) is 30.3 Å². The number of ether oxygens (including phenoxy) is 2. The number of carbonyl (C=O) groups is 2. The van der Waals surface area contributed by atoms with Crippen LogP contribution in [0.15, 0.2) is 30.3 Å². The Kier molecular flexibility index (Phi) is 6.69. The van der Waals surface area contributed by atoms with Crippen molar-refractivity contribution in [2.45, 2.75) is 39.0 Å². The molecule has 0 aromatic heterocycles. The molecule has 0 heterocycles. The molecular formula is C16H23N2O4. The minimum Gasteiger partial charge on any atom is -0.445 e. The Bertz CT molecular complexity index is 483. The molecular weight excluding hydrogens is 284 g/mol. The molecule has 6 nitrogen and oxygen atoms in total. The SMILES string of the molecule is [CH2][C@@H](CNC(=O)OC(C)(C)C)NC(=O)OCc1ccccc1. The molecule has 0 aliphatic rings. The summed E-state index contributed by atoms with van der Waals surface area (Å²) < 4.78 is 10.1. The highest BCUT2D eigenvalue weighted by molar-refractivity contribution is 5.69. The number of benzene rings is 1. The number of carbonyl (C=O) groups excluding carboxylic acids is 2. The second-order valence-corrected chi connectivity index (χ2v) is 5.79. The van der Waals surface area contributed by atoms with E-state index in [-0.39, 0.29) is 13.2 Å². The molecule has 1 rings (SSSR count). The lowest BCUT2D eigenvalue weighted by molar-refractivity contribution is 0.0523. The molecule has 1 radical (unpaired) electrons. The van der Waals surface area contributed by atoms with E-state index < -0.39 is 23.8 Å². The normalized spacial score (nSPS) is 12.2. The van der Waals surface area contributed by atoms with Crippen molar-refractivity contribution in [3.05, 3.63) is 42.8 Å². The smallest absolute Gasteiger partial charge is 0.407 e. The predicted octanol–water partition coefficient (Wildman–Crippen LogP) is 2.64. The lowest BCUT2D eigenvalue weighted by Crippen LogP contribution is -2.43. The zero-order valence-electron chi connectivity index (χ0n) is 13.2. The molecule has 1 aromatic rings. The van der Waals surface area contributed by atoms with Crippen LogP contribution in [0.5, 0.6) is 0 Å². The van der Waals surface area contributed by atoms with Crippen molar-refractivity contribution in [1.82, 2.24) is 10.6 Å². The summed E-state index contributed by atoms with van der Waals surface area (Å²) in [5, 5.41) is 5.05. The Balaban J connectivity index is 2.22. The molecule has 0 spiro atoms. The molecule has 0 unspecified atom stereocenters. The van der Waals surface area contributed by atoms with E-state index in [0.717, 1.165) is 5.56 Å². The molecule has 0 saturated carbocycles. The quantitative estimate of drug-likeness (QED) is 0.876. The Morgan fingerprint density at radius 1 is 1.18 bits per heavy atom. The fourth-order valence-electron chi connectivity index (χ4n) is 1.50. The summed E-state index contributed by atoms with van der Waals surface area (Å²) in [6.45, 7) is 9.36. The molecule has 0 bridgehead atoms. The largest absolute Gasteiger partial charge is 0.445 e. The standard InChI is InChI=1S/C16H23N2O4/c1-12(10-17-14(19)22-16(2,3)4)18-15(20)21-11-13-8-6-5-7-9-13/h5-9,12H,1,10-11H2,2-4H3,(H,17,19)(H,18,20)/t12-/m0/s1. The van der Waals surface area contributed by atoms with Crippen LogP contribution < -0.4 is 10.6 Å². The molecule has 0 aliphatic carbocycles. The number of hydrogen-bond donors (Lipinski definition) is 2. The lowest BCUT2D eigenvalue weighted by atomic mass is 10.2. The van der Waals surface area contributed by atoms with Gasteiger partial charge in [-0.15, -0.1) is 0 Å². The van der Waals surface area contributed by atoms with E-state index in [1.807, 2.05) is 30.3 Å². The molecule has 1 atom stereocenters. The number of alkyl carbamates (subject to hydrolysis) is 2. The fraction of sp³-hybridized carbons (Fsp3) is 0.438. The monoisotopic (exact) mass is 307 g/mol. The van der Waals surface area contributed by atoms with Gasteiger partial charge in [0.05, 0.1) is 0 Å². The number of rotatable bonds is 5. The van der Waals surface area contributed by atoms with Crippen LogP contribution in [0, 0.1) is 6.92 Å². The summed E-state index contributed by atoms with van der Waals surface area (Å²) in [7, 11) is 0. The van der Waals surface area contributed by atoms with Crippen LogP contribution in [-0.2, 0) is 16.1 Å². The Morgan fingerprint density at radius 2 is 1.82 bits per heavy atom. The van der Waals surface area contributed by atoms with Gasteiger partial charge in [0, 0.05) is 12.6 Å². The third-order valence-corrected chi connectivity index (χ3v) is 2.43. The topological polar surface area (TPSA) is 76.7 Å². The molecule has 0 saturated heterocycles. The first-order valence-electron chi connectivity index (χ1n) is 7.03. The van der Waals surface area contributed by atoms with E-state index in [9.17, 15) is 9.59 Å². The van der Waals surface area contributed by atoms with Crippen molar-refractivity contribution in [3.8, 4) is 0 Å². The first kappa shape index (κ1) is 17.8. The molecule has 2 N–H and O–H groups in total. The number of nitrogens with one attached hydrogen (secondary N) is 2. The summed E-state index contributed by atoms with van der Waals surface area (Å²) in [5.41, 5.74) is 0.327. The van der Waals surface area contributed by atoms with Crippen LogP contribution in [-0.4, -0.2) is 30.4 Å².